The maximum atomic E-state index is 13.0. The first kappa shape index (κ1) is 16.5. The molecule has 0 radical (unpaired) electrons. The van der Waals surface area contributed by atoms with Crippen LogP contribution in [-0.2, 0) is 4.79 Å². The summed E-state index contributed by atoms with van der Waals surface area (Å²) in [6, 6.07) is 12.0. The summed E-state index contributed by atoms with van der Waals surface area (Å²) in [5.41, 5.74) is 3.98. The van der Waals surface area contributed by atoms with Crippen LogP contribution in [0, 0.1) is 19.7 Å². The van der Waals surface area contributed by atoms with E-state index in [4.69, 9.17) is 0 Å². The summed E-state index contributed by atoms with van der Waals surface area (Å²) in [5.74, 6) is -0.399. The maximum absolute atomic E-state index is 13.0. The summed E-state index contributed by atoms with van der Waals surface area (Å²) < 4.78 is 13.0. The zero-order valence-electron chi connectivity index (χ0n) is 13.7. The zero-order valence-corrected chi connectivity index (χ0v) is 14.5. The SMILES string of the molecule is Cc1ccc(N=C2S/C(=C\c3ccc(F)cc3)C(=O)N2C)cc1C. The van der Waals surface area contributed by atoms with Gasteiger partial charge >= 0.3 is 0 Å². The van der Waals surface area contributed by atoms with E-state index in [2.05, 4.69) is 11.9 Å². The smallest absolute Gasteiger partial charge is 0.266 e. The molecule has 0 aromatic heterocycles. The molecule has 3 rings (SSSR count). The predicted molar refractivity (Wildman–Crippen MR) is 97.7 cm³/mol. The first-order valence-corrected chi connectivity index (χ1v) is 8.35. The minimum atomic E-state index is -0.295. The lowest BCUT2D eigenvalue weighted by Crippen LogP contribution is -2.23. The van der Waals surface area contributed by atoms with Crippen molar-refractivity contribution in [3.63, 3.8) is 0 Å². The molecule has 0 aliphatic carbocycles. The van der Waals surface area contributed by atoms with Gasteiger partial charge in [-0.2, -0.15) is 0 Å². The summed E-state index contributed by atoms with van der Waals surface area (Å²) in [6.07, 6.45) is 1.76. The summed E-state index contributed by atoms with van der Waals surface area (Å²) in [4.78, 5) is 19.1. The Balaban J connectivity index is 1.89. The average Bonchev–Trinajstić information content (AvgIpc) is 2.81. The van der Waals surface area contributed by atoms with Crippen molar-refractivity contribution in [2.75, 3.05) is 7.05 Å². The van der Waals surface area contributed by atoms with Crippen LogP contribution in [0.4, 0.5) is 10.1 Å². The molecular formula is C19H17FN2OS. The number of carbonyl (C=O) groups is 1. The van der Waals surface area contributed by atoms with E-state index >= 15 is 0 Å². The second-order valence-electron chi connectivity index (χ2n) is 5.69. The highest BCUT2D eigenvalue weighted by Gasteiger charge is 2.30. The lowest BCUT2D eigenvalue weighted by atomic mass is 10.1. The predicted octanol–water partition coefficient (Wildman–Crippen LogP) is 4.68. The minimum Gasteiger partial charge on any atom is -0.290 e. The van der Waals surface area contributed by atoms with Crippen molar-refractivity contribution < 1.29 is 9.18 Å². The molecule has 2 aromatic carbocycles. The molecule has 1 saturated heterocycles. The number of benzene rings is 2. The highest BCUT2D eigenvalue weighted by atomic mass is 32.2. The van der Waals surface area contributed by atoms with Gasteiger partial charge in [0.1, 0.15) is 5.82 Å². The van der Waals surface area contributed by atoms with Gasteiger partial charge in [0.2, 0.25) is 0 Å². The number of amides is 1. The average molecular weight is 340 g/mol. The lowest BCUT2D eigenvalue weighted by molar-refractivity contribution is -0.121. The standard InChI is InChI=1S/C19H17FN2OS/c1-12-4-9-16(10-13(12)2)21-19-22(3)18(23)17(24-19)11-14-5-7-15(20)8-6-14/h4-11H,1-3H3/b17-11-,21-19?. The van der Waals surface area contributed by atoms with Crippen molar-refractivity contribution >= 4 is 34.6 Å². The topological polar surface area (TPSA) is 32.7 Å². The van der Waals surface area contributed by atoms with Crippen LogP contribution >= 0.6 is 11.8 Å². The van der Waals surface area contributed by atoms with E-state index in [1.54, 1.807) is 25.3 Å². The fraction of sp³-hybridized carbons (Fsp3) is 0.158. The van der Waals surface area contributed by atoms with Crippen LogP contribution in [0.3, 0.4) is 0 Å². The number of rotatable bonds is 2. The first-order valence-electron chi connectivity index (χ1n) is 7.53. The van der Waals surface area contributed by atoms with E-state index in [1.807, 2.05) is 25.1 Å². The zero-order chi connectivity index (χ0) is 17.3. The molecule has 122 valence electrons. The van der Waals surface area contributed by atoms with Gasteiger partial charge in [0.05, 0.1) is 10.6 Å². The summed E-state index contributed by atoms with van der Waals surface area (Å²) >= 11 is 1.32. The molecule has 1 aliphatic rings. The number of thioether (sulfide) groups is 1. The summed E-state index contributed by atoms with van der Waals surface area (Å²) in [7, 11) is 1.71. The summed E-state index contributed by atoms with van der Waals surface area (Å²) in [5, 5.41) is 0.636. The molecule has 5 heteroatoms. The van der Waals surface area contributed by atoms with Crippen LogP contribution in [0.15, 0.2) is 52.4 Å². The molecule has 0 saturated carbocycles. The Morgan fingerprint density at radius 1 is 1.08 bits per heavy atom. The molecule has 2 aromatic rings. The number of hydrogen-bond acceptors (Lipinski definition) is 3. The van der Waals surface area contributed by atoms with Crippen molar-refractivity contribution in [3.8, 4) is 0 Å². The number of aliphatic imine (C=N–C) groups is 1. The van der Waals surface area contributed by atoms with E-state index in [9.17, 15) is 9.18 Å². The molecule has 3 nitrogen and oxygen atoms in total. The number of likely N-dealkylation sites (N-methyl/N-ethyl adjacent to an activating group) is 1. The van der Waals surface area contributed by atoms with Crippen molar-refractivity contribution in [3.05, 3.63) is 69.9 Å². The van der Waals surface area contributed by atoms with Gasteiger partial charge in [-0.1, -0.05) is 18.2 Å². The Bertz CT molecular complexity index is 856. The minimum absolute atomic E-state index is 0.105. The van der Waals surface area contributed by atoms with Gasteiger partial charge in [0.15, 0.2) is 5.17 Å². The number of amidine groups is 1. The van der Waals surface area contributed by atoms with Gasteiger partial charge in [-0.05, 0) is 72.6 Å². The Morgan fingerprint density at radius 3 is 2.46 bits per heavy atom. The van der Waals surface area contributed by atoms with Crippen molar-refractivity contribution in [1.82, 2.24) is 4.90 Å². The number of hydrogen-bond donors (Lipinski definition) is 0. The Kier molecular flexibility index (Phi) is 4.53. The molecule has 0 unspecified atom stereocenters. The lowest BCUT2D eigenvalue weighted by Gasteiger charge is -2.08. The Morgan fingerprint density at radius 2 is 1.79 bits per heavy atom. The molecule has 1 heterocycles. The highest BCUT2D eigenvalue weighted by molar-refractivity contribution is 8.18. The van der Waals surface area contributed by atoms with Crippen LogP contribution in [-0.4, -0.2) is 23.0 Å². The van der Waals surface area contributed by atoms with E-state index in [0.717, 1.165) is 16.8 Å². The first-order chi connectivity index (χ1) is 11.4. The molecule has 1 amide bonds. The third-order valence-corrected chi connectivity index (χ3v) is 4.95. The van der Waals surface area contributed by atoms with Crippen LogP contribution in [0.1, 0.15) is 16.7 Å². The fourth-order valence-electron chi connectivity index (χ4n) is 2.27. The molecule has 1 fully saturated rings. The molecule has 0 atom stereocenters. The number of halogens is 1. The van der Waals surface area contributed by atoms with Crippen LogP contribution in [0.5, 0.6) is 0 Å². The Labute approximate surface area is 144 Å². The van der Waals surface area contributed by atoms with E-state index in [-0.39, 0.29) is 11.7 Å². The van der Waals surface area contributed by atoms with E-state index < -0.39 is 0 Å². The number of aryl methyl sites for hydroxylation is 2. The molecular weight excluding hydrogens is 323 g/mol. The highest BCUT2D eigenvalue weighted by Crippen LogP contribution is 2.33. The number of nitrogens with zero attached hydrogens (tertiary/aromatic N) is 2. The fourth-order valence-corrected chi connectivity index (χ4v) is 3.25. The van der Waals surface area contributed by atoms with Crippen molar-refractivity contribution in [2.45, 2.75) is 13.8 Å². The largest absolute Gasteiger partial charge is 0.290 e. The van der Waals surface area contributed by atoms with Crippen LogP contribution in [0.2, 0.25) is 0 Å². The Hall–Kier alpha value is -2.40. The van der Waals surface area contributed by atoms with Gasteiger partial charge in [-0.15, -0.1) is 0 Å². The van der Waals surface area contributed by atoms with Crippen LogP contribution < -0.4 is 0 Å². The number of carbonyl (C=O) groups excluding carboxylic acids is 1. The van der Waals surface area contributed by atoms with E-state index in [0.29, 0.717) is 10.1 Å². The van der Waals surface area contributed by atoms with Gasteiger partial charge in [0.25, 0.3) is 5.91 Å². The van der Waals surface area contributed by atoms with Crippen molar-refractivity contribution in [2.24, 2.45) is 4.99 Å². The second kappa shape index (κ2) is 6.61. The molecule has 1 aliphatic heterocycles. The van der Waals surface area contributed by atoms with Crippen LogP contribution in [0.25, 0.3) is 6.08 Å². The molecule has 0 spiro atoms. The third-order valence-electron chi connectivity index (χ3n) is 3.89. The van der Waals surface area contributed by atoms with Gasteiger partial charge in [-0.25, -0.2) is 9.38 Å². The quantitative estimate of drug-likeness (QED) is 0.744. The monoisotopic (exact) mass is 340 g/mol. The molecule has 0 N–H and O–H groups in total. The normalized spacial score (nSPS) is 18.0. The second-order valence-corrected chi connectivity index (χ2v) is 6.70. The summed E-state index contributed by atoms with van der Waals surface area (Å²) in [6.45, 7) is 4.09. The molecule has 24 heavy (non-hydrogen) atoms. The van der Waals surface area contributed by atoms with Gasteiger partial charge in [0, 0.05) is 7.05 Å². The van der Waals surface area contributed by atoms with Gasteiger partial charge < -0.3 is 0 Å². The molecule has 0 bridgehead atoms. The van der Waals surface area contributed by atoms with E-state index in [1.165, 1.54) is 34.4 Å². The third kappa shape index (κ3) is 3.41. The van der Waals surface area contributed by atoms with Gasteiger partial charge in [-0.3, -0.25) is 9.69 Å². The maximum Gasteiger partial charge on any atom is 0.266 e. The van der Waals surface area contributed by atoms with Crippen molar-refractivity contribution in [1.29, 1.82) is 0 Å².